The smallest absolute Gasteiger partial charge is 0.333 e. The third kappa shape index (κ3) is 4.73. The Morgan fingerprint density at radius 3 is 2.39 bits per heavy atom. The van der Waals surface area contributed by atoms with Crippen LogP contribution in [0.2, 0.25) is 0 Å². The van der Waals surface area contributed by atoms with Crippen LogP contribution in [0.4, 0.5) is 16.2 Å². The second kappa shape index (κ2) is 8.34. The Morgan fingerprint density at radius 1 is 0.970 bits per heavy atom. The van der Waals surface area contributed by atoms with Gasteiger partial charge in [0.05, 0.1) is 10.6 Å². The molecule has 3 aromatic carbocycles. The largest absolute Gasteiger partial charge is 0.338 e. The zero-order valence-corrected chi connectivity index (χ0v) is 19.3. The molecule has 0 aromatic heterocycles. The molecule has 0 aliphatic carbocycles. The molecule has 4 rings (SSSR count). The zero-order valence-electron chi connectivity index (χ0n) is 17.7. The number of nitrogens with zero attached hydrogens (tertiary/aromatic N) is 1. The number of amides is 2. The third-order valence-electron chi connectivity index (χ3n) is 4.94. The Kier molecular flexibility index (Phi) is 5.68. The highest BCUT2D eigenvalue weighted by Gasteiger charge is 2.26. The van der Waals surface area contributed by atoms with Gasteiger partial charge in [-0.3, -0.25) is 0 Å². The van der Waals surface area contributed by atoms with Crippen LogP contribution in [0.3, 0.4) is 0 Å². The minimum Gasteiger partial charge on any atom is -0.338 e. The van der Waals surface area contributed by atoms with Gasteiger partial charge in [-0.2, -0.15) is 8.42 Å². The van der Waals surface area contributed by atoms with E-state index < -0.39 is 26.1 Å². The highest BCUT2D eigenvalue weighted by Crippen LogP contribution is 2.29. The number of para-hydroxylation sites is 1. The number of rotatable bonds is 4. The molecule has 9 nitrogen and oxygen atoms in total. The van der Waals surface area contributed by atoms with Gasteiger partial charge in [-0.1, -0.05) is 35.9 Å². The fourth-order valence-corrected chi connectivity index (χ4v) is 5.28. The van der Waals surface area contributed by atoms with Gasteiger partial charge in [-0.25, -0.2) is 17.9 Å². The predicted molar refractivity (Wildman–Crippen MR) is 125 cm³/mol. The number of amidine groups is 1. The molecule has 0 fully saturated rings. The minimum absolute atomic E-state index is 0.0440. The third-order valence-corrected chi connectivity index (χ3v) is 7.62. The van der Waals surface area contributed by atoms with Gasteiger partial charge in [-0.05, 0) is 55.8 Å². The Bertz CT molecular complexity index is 1500. The number of carbonyl (C=O) groups excluding carboxylic acids is 1. The number of benzene rings is 3. The van der Waals surface area contributed by atoms with Gasteiger partial charge in [0.1, 0.15) is 4.90 Å². The van der Waals surface area contributed by atoms with E-state index in [0.29, 0.717) is 16.8 Å². The second-order valence-corrected chi connectivity index (χ2v) is 10.7. The Morgan fingerprint density at radius 2 is 1.67 bits per heavy atom. The van der Waals surface area contributed by atoms with Crippen LogP contribution in [0.1, 0.15) is 16.7 Å². The highest BCUT2D eigenvalue weighted by atomic mass is 32.2. The maximum absolute atomic E-state index is 12.6. The molecule has 3 N–H and O–H groups in total. The van der Waals surface area contributed by atoms with Crippen molar-refractivity contribution in [3.05, 3.63) is 83.4 Å². The summed E-state index contributed by atoms with van der Waals surface area (Å²) in [6.45, 7) is 3.58. The maximum atomic E-state index is 12.6. The lowest BCUT2D eigenvalue weighted by atomic mass is 10.1. The van der Waals surface area contributed by atoms with Crippen molar-refractivity contribution in [2.24, 2.45) is 4.40 Å². The molecule has 3 aromatic rings. The highest BCUT2D eigenvalue weighted by molar-refractivity contribution is 7.90. The summed E-state index contributed by atoms with van der Waals surface area (Å²) in [6.07, 6.45) is 0. The number of hydrogen-bond acceptors (Lipinski definition) is 6. The molecule has 0 bridgehead atoms. The van der Waals surface area contributed by atoms with E-state index in [1.54, 1.807) is 49.4 Å². The van der Waals surface area contributed by atoms with Crippen LogP contribution in [0.25, 0.3) is 0 Å². The number of aryl methyl sites for hydroxylation is 2. The van der Waals surface area contributed by atoms with Crippen molar-refractivity contribution in [3.63, 3.8) is 0 Å². The van der Waals surface area contributed by atoms with Crippen LogP contribution >= 0.6 is 0 Å². The van der Waals surface area contributed by atoms with Crippen LogP contribution in [0.15, 0.2) is 80.9 Å². The number of fused-ring (bicyclic) bond motifs is 1. The van der Waals surface area contributed by atoms with Crippen LogP contribution in [0, 0.1) is 13.8 Å². The lowest BCUT2D eigenvalue weighted by Crippen LogP contribution is -2.34. The van der Waals surface area contributed by atoms with Crippen molar-refractivity contribution in [1.82, 2.24) is 4.72 Å². The van der Waals surface area contributed by atoms with E-state index in [9.17, 15) is 21.6 Å². The topological polar surface area (TPSA) is 134 Å². The Balaban J connectivity index is 1.58. The number of nitrogens with one attached hydrogen (secondary N) is 3. The Hall–Kier alpha value is -3.70. The summed E-state index contributed by atoms with van der Waals surface area (Å²) < 4.78 is 55.8. The first-order valence-corrected chi connectivity index (χ1v) is 12.7. The van der Waals surface area contributed by atoms with Crippen molar-refractivity contribution in [3.8, 4) is 0 Å². The van der Waals surface area contributed by atoms with Crippen LogP contribution in [-0.2, 0) is 20.0 Å². The molecule has 0 saturated heterocycles. The van der Waals surface area contributed by atoms with E-state index in [4.69, 9.17) is 0 Å². The first-order valence-electron chi connectivity index (χ1n) is 9.78. The number of carbonyl (C=O) groups is 1. The zero-order chi connectivity index (χ0) is 23.8. The monoisotopic (exact) mass is 484 g/mol. The molecule has 1 aliphatic heterocycles. The normalized spacial score (nSPS) is 14.4. The summed E-state index contributed by atoms with van der Waals surface area (Å²) >= 11 is 0. The van der Waals surface area contributed by atoms with Crippen molar-refractivity contribution in [2.75, 3.05) is 10.6 Å². The Labute approximate surface area is 191 Å². The quantitative estimate of drug-likeness (QED) is 0.520. The number of urea groups is 1. The summed E-state index contributed by atoms with van der Waals surface area (Å²) in [5, 5.41) is 5.47. The second-order valence-electron chi connectivity index (χ2n) is 7.44. The fourth-order valence-electron chi connectivity index (χ4n) is 3.24. The SMILES string of the molecule is Cc1ccc(S(=O)(=O)NC(=O)Nc2ccc(C)c(C3=NS(=O)(=O)c4ccccc4N3)c2)cc1. The van der Waals surface area contributed by atoms with Crippen molar-refractivity contribution >= 4 is 43.3 Å². The van der Waals surface area contributed by atoms with Gasteiger partial charge in [0, 0.05) is 11.3 Å². The first kappa shape index (κ1) is 22.5. The van der Waals surface area contributed by atoms with Crippen molar-refractivity contribution in [1.29, 1.82) is 0 Å². The van der Waals surface area contributed by atoms with E-state index in [2.05, 4.69) is 15.0 Å². The molecule has 0 radical (unpaired) electrons. The maximum Gasteiger partial charge on any atom is 0.333 e. The van der Waals surface area contributed by atoms with Gasteiger partial charge in [-0.15, -0.1) is 4.40 Å². The van der Waals surface area contributed by atoms with E-state index in [1.807, 2.05) is 11.6 Å². The molecule has 0 saturated carbocycles. The molecule has 1 aliphatic rings. The van der Waals surface area contributed by atoms with Crippen LogP contribution in [-0.4, -0.2) is 28.7 Å². The van der Waals surface area contributed by atoms with E-state index >= 15 is 0 Å². The average Bonchev–Trinajstić information content (AvgIpc) is 2.74. The van der Waals surface area contributed by atoms with Gasteiger partial charge < -0.3 is 10.6 Å². The molecular weight excluding hydrogens is 464 g/mol. The van der Waals surface area contributed by atoms with Gasteiger partial charge >= 0.3 is 6.03 Å². The van der Waals surface area contributed by atoms with Crippen molar-refractivity contribution in [2.45, 2.75) is 23.6 Å². The molecule has 0 spiro atoms. The summed E-state index contributed by atoms with van der Waals surface area (Å²) in [6, 6.07) is 16.3. The number of hydrogen-bond donors (Lipinski definition) is 3. The van der Waals surface area contributed by atoms with Gasteiger partial charge in [0.25, 0.3) is 20.0 Å². The molecule has 33 heavy (non-hydrogen) atoms. The predicted octanol–water partition coefficient (Wildman–Crippen LogP) is 3.37. The average molecular weight is 485 g/mol. The fraction of sp³-hybridized carbons (Fsp3) is 0.0909. The first-order chi connectivity index (χ1) is 15.5. The number of anilines is 2. The van der Waals surface area contributed by atoms with Crippen LogP contribution in [0.5, 0.6) is 0 Å². The lowest BCUT2D eigenvalue weighted by molar-refractivity contribution is 0.256. The number of sulfonamides is 2. The molecule has 0 atom stereocenters. The van der Waals surface area contributed by atoms with E-state index in [0.717, 1.165) is 5.56 Å². The molecule has 1 heterocycles. The molecule has 170 valence electrons. The molecular formula is C22H20N4O5S2. The molecule has 0 unspecified atom stereocenters. The lowest BCUT2D eigenvalue weighted by Gasteiger charge is -2.20. The van der Waals surface area contributed by atoms with Crippen molar-refractivity contribution < 1.29 is 21.6 Å². The molecule has 2 amide bonds. The minimum atomic E-state index is -4.06. The van der Waals surface area contributed by atoms with Gasteiger partial charge in [0.15, 0.2) is 5.84 Å². The summed E-state index contributed by atoms with van der Waals surface area (Å²) in [5.41, 5.74) is 2.67. The summed E-state index contributed by atoms with van der Waals surface area (Å²) in [4.78, 5) is 12.4. The summed E-state index contributed by atoms with van der Waals surface area (Å²) in [5.74, 6) is 0.0996. The van der Waals surface area contributed by atoms with E-state index in [1.165, 1.54) is 24.3 Å². The summed E-state index contributed by atoms with van der Waals surface area (Å²) in [7, 11) is -7.96. The van der Waals surface area contributed by atoms with E-state index in [-0.39, 0.29) is 21.3 Å². The van der Waals surface area contributed by atoms with Gasteiger partial charge in [0.2, 0.25) is 0 Å². The molecule has 11 heteroatoms. The van der Waals surface area contributed by atoms with Crippen LogP contribution < -0.4 is 15.4 Å². The standard InChI is InChI=1S/C22H20N4O5S2/c1-14-7-11-17(12-8-14)32(28,29)26-22(27)23-16-10-9-15(2)18(13-16)21-24-19-5-3-4-6-20(19)33(30,31)25-21/h3-13H,1-2H3,(H,24,25)(H2,23,26,27).